The standard InChI is InChI=1S/C24H17BrFN3OS/c25-18-11-12-20(19(26)13-18)27-23(30)15-31-24-28-21(16-7-3-1-4-8-16)14-22(29-24)17-9-5-2-6-10-17/h1-14H,15H2,(H,27,30). The van der Waals surface area contributed by atoms with E-state index in [2.05, 4.69) is 31.2 Å². The zero-order valence-electron chi connectivity index (χ0n) is 16.3. The van der Waals surface area contributed by atoms with Gasteiger partial charge in [-0.05, 0) is 24.3 Å². The number of hydrogen-bond donors (Lipinski definition) is 1. The van der Waals surface area contributed by atoms with Crippen LogP contribution >= 0.6 is 27.7 Å². The Morgan fingerprint density at radius 2 is 1.45 bits per heavy atom. The van der Waals surface area contributed by atoms with E-state index in [0.717, 1.165) is 22.5 Å². The number of amides is 1. The first kappa shape index (κ1) is 21.2. The van der Waals surface area contributed by atoms with E-state index in [1.54, 1.807) is 6.07 Å². The number of rotatable bonds is 6. The number of nitrogens with zero attached hydrogens (tertiary/aromatic N) is 2. The molecule has 1 aromatic heterocycles. The van der Waals surface area contributed by atoms with E-state index >= 15 is 0 Å². The van der Waals surface area contributed by atoms with Crippen molar-refractivity contribution in [2.24, 2.45) is 0 Å². The lowest BCUT2D eigenvalue weighted by Crippen LogP contribution is -2.15. The normalized spacial score (nSPS) is 10.6. The Kier molecular flexibility index (Phi) is 6.74. The number of halogens is 2. The molecule has 0 bridgehead atoms. The largest absolute Gasteiger partial charge is 0.323 e. The van der Waals surface area contributed by atoms with Crippen LogP contribution in [0.4, 0.5) is 10.1 Å². The summed E-state index contributed by atoms with van der Waals surface area (Å²) in [6, 6.07) is 26.1. The zero-order valence-corrected chi connectivity index (χ0v) is 18.7. The van der Waals surface area contributed by atoms with Crippen LogP contribution in [0.15, 0.2) is 94.6 Å². The van der Waals surface area contributed by atoms with Gasteiger partial charge in [0.1, 0.15) is 5.82 Å². The van der Waals surface area contributed by atoms with Crippen molar-refractivity contribution in [1.29, 1.82) is 0 Å². The summed E-state index contributed by atoms with van der Waals surface area (Å²) in [5, 5.41) is 3.07. The first-order valence-electron chi connectivity index (χ1n) is 9.46. The van der Waals surface area contributed by atoms with Gasteiger partial charge in [0.15, 0.2) is 5.16 Å². The van der Waals surface area contributed by atoms with Crippen molar-refractivity contribution in [2.75, 3.05) is 11.1 Å². The van der Waals surface area contributed by atoms with Gasteiger partial charge in [-0.3, -0.25) is 4.79 Å². The van der Waals surface area contributed by atoms with E-state index in [0.29, 0.717) is 9.63 Å². The maximum absolute atomic E-state index is 14.0. The van der Waals surface area contributed by atoms with Crippen molar-refractivity contribution in [3.05, 3.63) is 95.2 Å². The molecule has 4 nitrogen and oxygen atoms in total. The summed E-state index contributed by atoms with van der Waals surface area (Å²) < 4.78 is 14.6. The molecular weight excluding hydrogens is 477 g/mol. The minimum Gasteiger partial charge on any atom is -0.323 e. The topological polar surface area (TPSA) is 54.9 Å². The lowest BCUT2D eigenvalue weighted by Gasteiger charge is -2.09. The van der Waals surface area contributed by atoms with Crippen molar-refractivity contribution in [3.63, 3.8) is 0 Å². The van der Waals surface area contributed by atoms with E-state index in [4.69, 9.17) is 0 Å². The quantitative estimate of drug-likeness (QED) is 0.248. The molecule has 31 heavy (non-hydrogen) atoms. The number of hydrogen-bond acceptors (Lipinski definition) is 4. The number of carbonyl (C=O) groups is 1. The lowest BCUT2D eigenvalue weighted by atomic mass is 10.1. The van der Waals surface area contributed by atoms with Crippen LogP contribution in [-0.2, 0) is 4.79 Å². The van der Waals surface area contributed by atoms with Crippen molar-refractivity contribution >= 4 is 39.3 Å². The predicted octanol–water partition coefficient (Wildman–Crippen LogP) is 6.44. The second kappa shape index (κ2) is 9.85. The fraction of sp³-hybridized carbons (Fsp3) is 0.0417. The molecule has 0 aliphatic heterocycles. The third-order valence-corrected chi connectivity index (χ3v) is 5.72. The fourth-order valence-corrected chi connectivity index (χ4v) is 3.90. The average molecular weight is 494 g/mol. The minimum atomic E-state index is -0.499. The molecule has 0 fully saturated rings. The van der Waals surface area contributed by atoms with Gasteiger partial charge in [-0.15, -0.1) is 0 Å². The van der Waals surface area contributed by atoms with Gasteiger partial charge in [-0.2, -0.15) is 0 Å². The molecule has 1 amide bonds. The Hall–Kier alpha value is -3.03. The minimum absolute atomic E-state index is 0.0575. The molecule has 4 aromatic rings. The van der Waals surface area contributed by atoms with Crippen LogP contribution in [0, 0.1) is 5.82 Å². The molecule has 0 aliphatic carbocycles. The van der Waals surface area contributed by atoms with E-state index in [1.165, 1.54) is 23.9 Å². The highest BCUT2D eigenvalue weighted by molar-refractivity contribution is 9.10. The highest BCUT2D eigenvalue weighted by atomic mass is 79.9. The van der Waals surface area contributed by atoms with Gasteiger partial charge in [0.2, 0.25) is 5.91 Å². The fourth-order valence-electron chi connectivity index (χ4n) is 2.91. The molecule has 0 aliphatic rings. The molecule has 1 heterocycles. The van der Waals surface area contributed by atoms with Crippen molar-refractivity contribution in [3.8, 4) is 22.5 Å². The third-order valence-electron chi connectivity index (χ3n) is 4.38. The lowest BCUT2D eigenvalue weighted by molar-refractivity contribution is -0.113. The first-order valence-corrected chi connectivity index (χ1v) is 11.2. The van der Waals surface area contributed by atoms with Gasteiger partial charge in [0, 0.05) is 15.6 Å². The van der Waals surface area contributed by atoms with E-state index in [1.807, 2.05) is 66.7 Å². The molecule has 4 rings (SSSR count). The number of thioether (sulfide) groups is 1. The number of anilines is 1. The number of benzene rings is 3. The SMILES string of the molecule is O=C(CSc1nc(-c2ccccc2)cc(-c2ccccc2)n1)Nc1ccc(Br)cc1F. The van der Waals surface area contributed by atoms with Crippen molar-refractivity contribution in [2.45, 2.75) is 5.16 Å². The Bertz CT molecular complexity index is 1150. The van der Waals surface area contributed by atoms with Crippen molar-refractivity contribution < 1.29 is 9.18 Å². The van der Waals surface area contributed by atoms with Crippen LogP contribution in [0.3, 0.4) is 0 Å². The molecule has 0 unspecified atom stereocenters. The number of aromatic nitrogens is 2. The molecule has 154 valence electrons. The van der Waals surface area contributed by atoms with Crippen LogP contribution in [0.5, 0.6) is 0 Å². The van der Waals surface area contributed by atoms with Crippen LogP contribution in [0.1, 0.15) is 0 Å². The smallest absolute Gasteiger partial charge is 0.234 e. The van der Waals surface area contributed by atoms with Gasteiger partial charge in [0.05, 0.1) is 22.8 Å². The van der Waals surface area contributed by atoms with Crippen LogP contribution in [0.25, 0.3) is 22.5 Å². The van der Waals surface area contributed by atoms with Crippen LogP contribution in [-0.4, -0.2) is 21.6 Å². The second-order valence-electron chi connectivity index (χ2n) is 6.61. The number of carbonyl (C=O) groups excluding carboxylic acids is 1. The van der Waals surface area contributed by atoms with Gasteiger partial charge in [-0.25, -0.2) is 14.4 Å². The molecule has 7 heteroatoms. The maximum Gasteiger partial charge on any atom is 0.234 e. The van der Waals surface area contributed by atoms with Gasteiger partial charge >= 0.3 is 0 Å². The van der Waals surface area contributed by atoms with Crippen LogP contribution < -0.4 is 5.32 Å². The Morgan fingerprint density at radius 3 is 2.00 bits per heavy atom. The van der Waals surface area contributed by atoms with Gasteiger partial charge in [-0.1, -0.05) is 88.4 Å². The summed E-state index contributed by atoms with van der Waals surface area (Å²) in [7, 11) is 0. The summed E-state index contributed by atoms with van der Waals surface area (Å²) in [5.74, 6) is -0.773. The second-order valence-corrected chi connectivity index (χ2v) is 8.47. The maximum atomic E-state index is 14.0. The molecule has 3 aromatic carbocycles. The zero-order chi connectivity index (χ0) is 21.6. The Balaban J connectivity index is 1.56. The summed E-state index contributed by atoms with van der Waals surface area (Å²) in [6.45, 7) is 0. The highest BCUT2D eigenvalue weighted by Crippen LogP contribution is 2.27. The van der Waals surface area contributed by atoms with E-state index in [9.17, 15) is 9.18 Å². The van der Waals surface area contributed by atoms with Crippen LogP contribution in [0.2, 0.25) is 0 Å². The first-order chi connectivity index (χ1) is 15.1. The molecule has 0 spiro atoms. The Labute approximate surface area is 192 Å². The molecule has 0 radical (unpaired) electrons. The highest BCUT2D eigenvalue weighted by Gasteiger charge is 2.12. The monoisotopic (exact) mass is 493 g/mol. The predicted molar refractivity (Wildman–Crippen MR) is 126 cm³/mol. The number of nitrogens with one attached hydrogen (secondary N) is 1. The molecular formula is C24H17BrFN3OS. The molecule has 1 N–H and O–H groups in total. The summed E-state index contributed by atoms with van der Waals surface area (Å²) in [4.78, 5) is 21.6. The average Bonchev–Trinajstić information content (AvgIpc) is 2.80. The molecule has 0 saturated heterocycles. The van der Waals surface area contributed by atoms with E-state index in [-0.39, 0.29) is 17.3 Å². The van der Waals surface area contributed by atoms with E-state index < -0.39 is 5.82 Å². The van der Waals surface area contributed by atoms with Gasteiger partial charge < -0.3 is 5.32 Å². The third kappa shape index (κ3) is 5.57. The summed E-state index contributed by atoms with van der Waals surface area (Å²) in [5.41, 5.74) is 3.61. The summed E-state index contributed by atoms with van der Waals surface area (Å²) in [6.07, 6.45) is 0. The summed E-state index contributed by atoms with van der Waals surface area (Å²) >= 11 is 4.41. The molecule has 0 atom stereocenters. The Morgan fingerprint density at radius 1 is 0.871 bits per heavy atom. The van der Waals surface area contributed by atoms with Crippen molar-refractivity contribution in [1.82, 2.24) is 9.97 Å². The van der Waals surface area contributed by atoms with Gasteiger partial charge in [0.25, 0.3) is 0 Å². The molecule has 0 saturated carbocycles.